The van der Waals surface area contributed by atoms with Crippen LogP contribution in [0.1, 0.15) is 35.9 Å². The minimum absolute atomic E-state index is 0.0140. The molecule has 1 aromatic carbocycles. The van der Waals surface area contributed by atoms with Crippen LogP contribution in [0.3, 0.4) is 0 Å². The van der Waals surface area contributed by atoms with E-state index in [0.29, 0.717) is 24.0 Å². The van der Waals surface area contributed by atoms with Gasteiger partial charge in [0, 0.05) is 19.3 Å². The Balaban J connectivity index is 2.01. The molecule has 134 valence electrons. The van der Waals surface area contributed by atoms with Crippen molar-refractivity contribution in [1.82, 2.24) is 9.55 Å². The van der Waals surface area contributed by atoms with Crippen LogP contribution >= 0.6 is 11.6 Å². The van der Waals surface area contributed by atoms with Gasteiger partial charge in [0.2, 0.25) is 0 Å². The van der Waals surface area contributed by atoms with Gasteiger partial charge in [-0.25, -0.2) is 9.78 Å². The van der Waals surface area contributed by atoms with E-state index in [0.717, 1.165) is 17.1 Å². The largest absolute Gasteiger partial charge is 0.465 e. The van der Waals surface area contributed by atoms with Crippen molar-refractivity contribution in [3.05, 3.63) is 42.0 Å². The molecule has 0 aliphatic carbocycles. The summed E-state index contributed by atoms with van der Waals surface area (Å²) in [4.78, 5) is 20.6. The number of carbonyl (C=O) groups is 1. The highest BCUT2D eigenvalue weighted by molar-refractivity contribution is 6.18. The lowest BCUT2D eigenvalue weighted by atomic mass is 10.1. The second kappa shape index (κ2) is 6.96. The van der Waals surface area contributed by atoms with Crippen molar-refractivity contribution in [2.45, 2.75) is 32.6 Å². The van der Waals surface area contributed by atoms with E-state index in [1.807, 2.05) is 31.7 Å². The number of anilines is 2. The van der Waals surface area contributed by atoms with Crippen molar-refractivity contribution < 1.29 is 9.53 Å². The predicted octanol–water partition coefficient (Wildman–Crippen LogP) is 3.27. The molecule has 1 unspecified atom stereocenters. The van der Waals surface area contributed by atoms with E-state index in [2.05, 4.69) is 33.2 Å². The molecule has 0 fully saturated rings. The zero-order valence-electron chi connectivity index (χ0n) is 14.9. The number of carbonyl (C=O) groups excluding carboxylic acids is 1. The SMILES string of the molecule is COC(=O)c1ccc2c(c1)N(Cc1cncn1C(C)C)C(CCl)N2C. The number of nitrogens with zero attached hydrogens (tertiary/aromatic N) is 4. The van der Waals surface area contributed by atoms with Crippen molar-refractivity contribution in [3.63, 3.8) is 0 Å². The fourth-order valence-electron chi connectivity index (χ4n) is 3.30. The number of benzene rings is 1. The van der Waals surface area contributed by atoms with E-state index in [9.17, 15) is 4.79 Å². The monoisotopic (exact) mass is 362 g/mol. The van der Waals surface area contributed by atoms with E-state index in [1.54, 1.807) is 6.07 Å². The summed E-state index contributed by atoms with van der Waals surface area (Å²) in [7, 11) is 3.41. The molecule has 0 spiro atoms. The van der Waals surface area contributed by atoms with E-state index in [1.165, 1.54) is 7.11 Å². The van der Waals surface area contributed by atoms with Gasteiger partial charge < -0.3 is 19.1 Å². The third kappa shape index (κ3) is 3.06. The number of ether oxygens (including phenoxy) is 1. The molecule has 1 aliphatic heterocycles. The summed E-state index contributed by atoms with van der Waals surface area (Å²) in [5.41, 5.74) is 3.67. The summed E-state index contributed by atoms with van der Waals surface area (Å²) in [6.07, 6.45) is 3.74. The second-order valence-electron chi connectivity index (χ2n) is 6.45. The van der Waals surface area contributed by atoms with E-state index >= 15 is 0 Å². The molecule has 0 amide bonds. The Morgan fingerprint density at radius 2 is 2.12 bits per heavy atom. The van der Waals surface area contributed by atoms with Gasteiger partial charge in [-0.15, -0.1) is 11.6 Å². The highest BCUT2D eigenvalue weighted by Gasteiger charge is 2.34. The maximum absolute atomic E-state index is 11.9. The average molecular weight is 363 g/mol. The molecule has 0 bridgehead atoms. The quantitative estimate of drug-likeness (QED) is 0.603. The molecule has 1 aromatic heterocycles. The molecular weight excluding hydrogens is 340 g/mol. The Morgan fingerprint density at radius 3 is 2.76 bits per heavy atom. The van der Waals surface area contributed by atoms with Crippen LogP contribution in [-0.2, 0) is 11.3 Å². The molecule has 3 rings (SSSR count). The lowest BCUT2D eigenvalue weighted by Crippen LogP contribution is -2.42. The minimum Gasteiger partial charge on any atom is -0.465 e. The van der Waals surface area contributed by atoms with Crippen molar-refractivity contribution in [1.29, 1.82) is 0 Å². The molecule has 0 radical (unpaired) electrons. The van der Waals surface area contributed by atoms with Gasteiger partial charge in [0.1, 0.15) is 6.17 Å². The number of aromatic nitrogens is 2. The van der Waals surface area contributed by atoms with Gasteiger partial charge in [-0.3, -0.25) is 0 Å². The van der Waals surface area contributed by atoms with Crippen LogP contribution < -0.4 is 9.80 Å². The second-order valence-corrected chi connectivity index (χ2v) is 6.76. The van der Waals surface area contributed by atoms with Crippen LogP contribution in [0.4, 0.5) is 11.4 Å². The number of hydrogen-bond donors (Lipinski definition) is 0. The summed E-state index contributed by atoms with van der Waals surface area (Å²) in [5.74, 6) is 0.112. The van der Waals surface area contributed by atoms with Gasteiger partial charge in [-0.2, -0.15) is 0 Å². The highest BCUT2D eigenvalue weighted by atomic mass is 35.5. The fourth-order valence-corrected chi connectivity index (χ4v) is 3.67. The molecule has 1 atom stereocenters. The van der Waals surface area contributed by atoms with E-state index in [-0.39, 0.29) is 12.1 Å². The summed E-state index contributed by atoms with van der Waals surface area (Å²) >= 11 is 6.26. The molecule has 7 heteroatoms. The summed E-state index contributed by atoms with van der Waals surface area (Å²) in [6, 6.07) is 5.93. The Bertz CT molecular complexity index is 774. The zero-order valence-corrected chi connectivity index (χ0v) is 15.7. The molecule has 2 heterocycles. The first-order valence-electron chi connectivity index (χ1n) is 8.26. The van der Waals surface area contributed by atoms with Gasteiger partial charge in [-0.05, 0) is 32.0 Å². The van der Waals surface area contributed by atoms with Crippen LogP contribution in [0, 0.1) is 0 Å². The van der Waals surface area contributed by atoms with Crippen molar-refractivity contribution in [2.24, 2.45) is 0 Å². The molecule has 0 N–H and O–H groups in total. The maximum atomic E-state index is 11.9. The van der Waals surface area contributed by atoms with Crippen LogP contribution in [0.5, 0.6) is 0 Å². The number of rotatable bonds is 5. The molecule has 6 nitrogen and oxygen atoms in total. The van der Waals surface area contributed by atoms with Crippen LogP contribution in [0.15, 0.2) is 30.7 Å². The summed E-state index contributed by atoms with van der Waals surface area (Å²) in [5, 5.41) is 0. The Kier molecular flexibility index (Phi) is 4.90. The number of halogens is 1. The summed E-state index contributed by atoms with van der Waals surface area (Å²) < 4.78 is 7.00. The normalized spacial score (nSPS) is 16.5. The topological polar surface area (TPSA) is 50.6 Å². The molecule has 1 aliphatic rings. The van der Waals surface area contributed by atoms with Crippen LogP contribution in [-0.4, -0.2) is 41.7 Å². The molecule has 25 heavy (non-hydrogen) atoms. The van der Waals surface area contributed by atoms with Crippen LogP contribution in [0.2, 0.25) is 0 Å². The van der Waals surface area contributed by atoms with Crippen molar-refractivity contribution in [3.8, 4) is 0 Å². The van der Waals surface area contributed by atoms with Crippen LogP contribution in [0.25, 0.3) is 0 Å². The fraction of sp³-hybridized carbons (Fsp3) is 0.444. The van der Waals surface area contributed by atoms with Gasteiger partial charge in [0.15, 0.2) is 0 Å². The first-order chi connectivity index (χ1) is 12.0. The number of hydrogen-bond acceptors (Lipinski definition) is 5. The van der Waals surface area contributed by atoms with Gasteiger partial charge in [0.25, 0.3) is 0 Å². The Labute approximate surface area is 153 Å². The smallest absolute Gasteiger partial charge is 0.337 e. The number of imidazole rings is 1. The van der Waals surface area contributed by atoms with Gasteiger partial charge in [-0.1, -0.05) is 0 Å². The first-order valence-corrected chi connectivity index (χ1v) is 8.79. The summed E-state index contributed by atoms with van der Waals surface area (Å²) in [6.45, 7) is 4.92. The molecular formula is C18H23ClN4O2. The maximum Gasteiger partial charge on any atom is 0.337 e. The first kappa shape index (κ1) is 17.6. The van der Waals surface area contributed by atoms with E-state index in [4.69, 9.17) is 16.3 Å². The lowest BCUT2D eigenvalue weighted by molar-refractivity contribution is 0.0601. The standard InChI is InChI=1S/C18H23ClN4O2/c1-12(2)23-11-20-9-14(23)10-22-16-7-13(18(24)25-4)5-6-15(16)21(3)17(22)8-19/h5-7,9,11-12,17H,8,10H2,1-4H3. The number of esters is 1. The number of methoxy groups -OCH3 is 1. The van der Waals surface area contributed by atoms with Gasteiger partial charge in [0.05, 0.1) is 48.5 Å². The van der Waals surface area contributed by atoms with Crippen molar-refractivity contribution >= 4 is 28.9 Å². The third-order valence-electron chi connectivity index (χ3n) is 4.67. The molecule has 2 aromatic rings. The Hall–Kier alpha value is -2.21. The third-order valence-corrected chi connectivity index (χ3v) is 4.94. The predicted molar refractivity (Wildman–Crippen MR) is 99.5 cm³/mol. The van der Waals surface area contributed by atoms with E-state index < -0.39 is 0 Å². The lowest BCUT2D eigenvalue weighted by Gasteiger charge is -2.29. The van der Waals surface area contributed by atoms with Gasteiger partial charge >= 0.3 is 5.97 Å². The average Bonchev–Trinajstić information content (AvgIpc) is 3.17. The minimum atomic E-state index is -0.341. The zero-order chi connectivity index (χ0) is 18.1. The van der Waals surface area contributed by atoms with Crippen molar-refractivity contribution in [2.75, 3.05) is 29.8 Å². The number of alkyl halides is 1. The number of fused-ring (bicyclic) bond motifs is 1. The Morgan fingerprint density at radius 1 is 1.36 bits per heavy atom. The molecule has 0 saturated heterocycles. The molecule has 0 saturated carbocycles. The highest BCUT2D eigenvalue weighted by Crippen LogP contribution is 2.40.